The van der Waals surface area contributed by atoms with Crippen molar-refractivity contribution in [1.82, 2.24) is 4.90 Å². The Labute approximate surface area is 195 Å². The number of carbonyl (C=O) groups is 1. The second kappa shape index (κ2) is 8.53. The highest BCUT2D eigenvalue weighted by molar-refractivity contribution is 9.10. The number of halogens is 2. The van der Waals surface area contributed by atoms with E-state index in [2.05, 4.69) is 42.8 Å². The molecule has 1 unspecified atom stereocenters. The van der Waals surface area contributed by atoms with Crippen LogP contribution in [0.15, 0.2) is 55.9 Å². The summed E-state index contributed by atoms with van der Waals surface area (Å²) in [5, 5.41) is 20.7. The van der Waals surface area contributed by atoms with Crippen molar-refractivity contribution in [3.05, 3.63) is 61.5 Å². The maximum Gasteiger partial charge on any atom is 0.229 e. The highest BCUT2D eigenvalue weighted by atomic mass is 79.9. The van der Waals surface area contributed by atoms with Crippen LogP contribution in [-0.4, -0.2) is 35.6 Å². The molecule has 1 N–H and O–H groups in total. The Morgan fingerprint density at radius 2 is 2.00 bits per heavy atom. The third-order valence-electron chi connectivity index (χ3n) is 5.16. The van der Waals surface area contributed by atoms with E-state index in [1.807, 2.05) is 24.3 Å². The Kier molecular flexibility index (Phi) is 6.00. The lowest BCUT2D eigenvalue weighted by molar-refractivity contribution is -0.129. The van der Waals surface area contributed by atoms with E-state index in [1.165, 1.54) is 18.9 Å². The number of amides is 1. The molecule has 1 atom stereocenters. The molecule has 4 rings (SSSR count). The van der Waals surface area contributed by atoms with Crippen molar-refractivity contribution in [3.8, 4) is 17.6 Å². The van der Waals surface area contributed by atoms with Gasteiger partial charge in [-0.3, -0.25) is 9.69 Å². The van der Waals surface area contributed by atoms with E-state index in [0.717, 1.165) is 15.7 Å². The van der Waals surface area contributed by atoms with Crippen molar-refractivity contribution < 1.29 is 14.6 Å². The quantitative estimate of drug-likeness (QED) is 0.570. The topological polar surface area (TPSA) is 76.8 Å². The number of allylic oxidation sites excluding steroid dienone is 1. The molecule has 0 aliphatic carbocycles. The fourth-order valence-corrected chi connectivity index (χ4v) is 5.50. The highest BCUT2D eigenvalue weighted by Crippen LogP contribution is 2.46. The summed E-state index contributed by atoms with van der Waals surface area (Å²) in [4.78, 5) is 16.9. The summed E-state index contributed by atoms with van der Waals surface area (Å²) < 4.78 is 6.70. The monoisotopic (exact) mass is 549 g/mol. The fourth-order valence-electron chi connectivity index (χ4n) is 3.61. The number of fused-ring (bicyclic) bond motifs is 1. The molecule has 0 aromatic heterocycles. The molecule has 0 bridgehead atoms. The van der Waals surface area contributed by atoms with Crippen molar-refractivity contribution in [2.75, 3.05) is 24.6 Å². The second-order valence-corrected chi connectivity index (χ2v) is 9.60. The molecule has 1 amide bonds. The van der Waals surface area contributed by atoms with Gasteiger partial charge >= 0.3 is 0 Å². The number of benzene rings is 2. The Morgan fingerprint density at radius 3 is 2.67 bits per heavy atom. The van der Waals surface area contributed by atoms with E-state index in [4.69, 9.17) is 4.74 Å². The van der Waals surface area contributed by atoms with E-state index >= 15 is 0 Å². The summed E-state index contributed by atoms with van der Waals surface area (Å²) in [6.45, 7) is 0.406. The number of hydrogen-bond acceptors (Lipinski definition) is 6. The molecule has 0 spiro atoms. The maximum atomic E-state index is 13.1. The van der Waals surface area contributed by atoms with Gasteiger partial charge in [0.25, 0.3) is 0 Å². The van der Waals surface area contributed by atoms with E-state index in [0.29, 0.717) is 33.4 Å². The third-order valence-corrected chi connectivity index (χ3v) is 7.45. The molecule has 0 saturated carbocycles. The van der Waals surface area contributed by atoms with Gasteiger partial charge < -0.3 is 14.7 Å². The zero-order chi connectivity index (χ0) is 21.4. The van der Waals surface area contributed by atoms with Crippen LogP contribution in [0.2, 0.25) is 0 Å². The lowest BCUT2D eigenvalue weighted by Gasteiger charge is -2.42. The van der Waals surface area contributed by atoms with Crippen LogP contribution in [0.25, 0.3) is 0 Å². The number of anilines is 1. The zero-order valence-corrected chi connectivity index (χ0v) is 19.9. The first-order valence-electron chi connectivity index (χ1n) is 9.07. The van der Waals surface area contributed by atoms with Gasteiger partial charge in [-0.25, -0.2) is 0 Å². The van der Waals surface area contributed by atoms with E-state index in [9.17, 15) is 15.2 Å². The van der Waals surface area contributed by atoms with Crippen molar-refractivity contribution >= 4 is 55.2 Å². The van der Waals surface area contributed by atoms with Gasteiger partial charge in [-0.1, -0.05) is 27.7 Å². The van der Waals surface area contributed by atoms with Gasteiger partial charge in [0.1, 0.15) is 0 Å². The Bertz CT molecular complexity index is 1080. The SMILES string of the molecule is COc1cc(C2CC(=O)N3CN(c4ccc(Br)cc4)CSC3=C2C#N)cc(Br)c1O. The van der Waals surface area contributed by atoms with E-state index in [-0.39, 0.29) is 24.0 Å². The number of ether oxygens (including phenoxy) is 1. The number of carbonyl (C=O) groups excluding carboxylic acids is 1. The van der Waals surface area contributed by atoms with Gasteiger partial charge in [0.2, 0.25) is 5.91 Å². The number of methoxy groups -OCH3 is 1. The van der Waals surface area contributed by atoms with Gasteiger partial charge in [0.05, 0.1) is 40.8 Å². The molecule has 2 aromatic rings. The highest BCUT2D eigenvalue weighted by Gasteiger charge is 2.38. The molecule has 2 heterocycles. The normalized spacial score (nSPS) is 18.9. The van der Waals surface area contributed by atoms with Crippen LogP contribution < -0.4 is 9.64 Å². The molecule has 1 fully saturated rings. The number of nitriles is 1. The van der Waals surface area contributed by atoms with Crippen LogP contribution in [0.1, 0.15) is 17.9 Å². The van der Waals surface area contributed by atoms with Crippen LogP contribution >= 0.6 is 43.6 Å². The molecule has 1 saturated heterocycles. The summed E-state index contributed by atoms with van der Waals surface area (Å²) >= 11 is 8.26. The van der Waals surface area contributed by atoms with Crippen LogP contribution in [0.3, 0.4) is 0 Å². The molecule has 9 heteroatoms. The number of phenolic OH excluding ortho intramolecular Hbond substituents is 1. The minimum absolute atomic E-state index is 0.00615. The Balaban J connectivity index is 1.69. The van der Waals surface area contributed by atoms with Crippen molar-refractivity contribution in [3.63, 3.8) is 0 Å². The first-order valence-corrected chi connectivity index (χ1v) is 11.6. The van der Waals surface area contributed by atoms with Gasteiger partial charge in [-0.2, -0.15) is 5.26 Å². The Morgan fingerprint density at radius 1 is 1.27 bits per heavy atom. The number of thioether (sulfide) groups is 1. The molecular formula is C21H17Br2N3O3S. The molecule has 2 aromatic carbocycles. The average Bonchev–Trinajstić information content (AvgIpc) is 2.76. The van der Waals surface area contributed by atoms with Crippen LogP contribution in [0.5, 0.6) is 11.5 Å². The van der Waals surface area contributed by atoms with Crippen LogP contribution in [0, 0.1) is 11.3 Å². The second-order valence-electron chi connectivity index (χ2n) is 6.89. The molecule has 2 aliphatic rings. The molecule has 2 aliphatic heterocycles. The average molecular weight is 551 g/mol. The Hall–Kier alpha value is -2.15. The third kappa shape index (κ3) is 3.80. The molecule has 154 valence electrons. The molecule has 30 heavy (non-hydrogen) atoms. The largest absolute Gasteiger partial charge is 0.503 e. The summed E-state index contributed by atoms with van der Waals surface area (Å²) in [6.07, 6.45) is 0.182. The summed E-state index contributed by atoms with van der Waals surface area (Å²) in [7, 11) is 1.47. The smallest absolute Gasteiger partial charge is 0.229 e. The van der Waals surface area contributed by atoms with Crippen molar-refractivity contribution in [2.24, 2.45) is 0 Å². The van der Waals surface area contributed by atoms with Crippen LogP contribution in [0.4, 0.5) is 5.69 Å². The predicted molar refractivity (Wildman–Crippen MR) is 123 cm³/mol. The number of nitrogens with zero attached hydrogens (tertiary/aromatic N) is 3. The summed E-state index contributed by atoms with van der Waals surface area (Å²) in [6, 6.07) is 13.7. The molecule has 0 radical (unpaired) electrons. The first kappa shape index (κ1) is 21.1. The number of aromatic hydroxyl groups is 1. The minimum Gasteiger partial charge on any atom is -0.503 e. The lowest BCUT2D eigenvalue weighted by Crippen LogP contribution is -2.47. The standard InChI is InChI=1S/C21H17Br2N3O3S/c1-29-18-7-12(6-17(23)20(18)28)15-8-19(27)26-10-25(11-30-21(26)16(15)9-24)14-4-2-13(22)3-5-14/h2-7,15,28H,8,10-11H2,1H3. The minimum atomic E-state index is -0.383. The predicted octanol–water partition coefficient (Wildman–Crippen LogP) is 5.15. The molecular weight excluding hydrogens is 534 g/mol. The van der Waals surface area contributed by atoms with E-state index < -0.39 is 0 Å². The number of rotatable bonds is 3. The van der Waals surface area contributed by atoms with E-state index in [1.54, 1.807) is 17.0 Å². The first-order chi connectivity index (χ1) is 14.4. The maximum absolute atomic E-state index is 13.1. The van der Waals surface area contributed by atoms with Crippen molar-refractivity contribution in [1.29, 1.82) is 5.26 Å². The van der Waals surface area contributed by atoms with Gasteiger partial charge in [-0.05, 0) is 57.9 Å². The van der Waals surface area contributed by atoms with Gasteiger partial charge in [0, 0.05) is 22.5 Å². The zero-order valence-electron chi connectivity index (χ0n) is 15.9. The van der Waals surface area contributed by atoms with Crippen LogP contribution in [-0.2, 0) is 4.79 Å². The summed E-state index contributed by atoms with van der Waals surface area (Å²) in [5.74, 6) is 0.515. The number of phenols is 1. The summed E-state index contributed by atoms with van der Waals surface area (Å²) in [5.41, 5.74) is 2.34. The van der Waals surface area contributed by atoms with Gasteiger partial charge in [0.15, 0.2) is 11.5 Å². The number of hydrogen-bond donors (Lipinski definition) is 1. The van der Waals surface area contributed by atoms with Crippen molar-refractivity contribution in [2.45, 2.75) is 12.3 Å². The fraction of sp³-hybridized carbons (Fsp3) is 0.238. The lowest BCUT2D eigenvalue weighted by atomic mass is 9.86. The molecule has 6 nitrogen and oxygen atoms in total. The van der Waals surface area contributed by atoms with Gasteiger partial charge in [-0.15, -0.1) is 0 Å².